The normalized spacial score (nSPS) is 9.77. The number of anilines is 1. The Morgan fingerprint density at radius 2 is 2.23 bits per heavy atom. The molecule has 70 valence electrons. The van der Waals surface area contributed by atoms with Crippen LogP contribution in [-0.4, -0.2) is 30.3 Å². The fourth-order valence-corrected chi connectivity index (χ4v) is 1.03. The average molecular weight is 179 g/mol. The molecular formula is C9H13N3O. The van der Waals surface area contributed by atoms with Gasteiger partial charge in [-0.2, -0.15) is 0 Å². The van der Waals surface area contributed by atoms with E-state index < -0.39 is 0 Å². The first-order valence-corrected chi connectivity index (χ1v) is 4.17. The van der Waals surface area contributed by atoms with Crippen LogP contribution in [-0.2, 0) is 6.42 Å². The summed E-state index contributed by atoms with van der Waals surface area (Å²) in [5.74, 6) is 1.44. The van der Waals surface area contributed by atoms with Crippen molar-refractivity contribution >= 4 is 12.1 Å². The maximum Gasteiger partial charge on any atom is 0.155 e. The molecule has 0 spiro atoms. The van der Waals surface area contributed by atoms with E-state index in [1.807, 2.05) is 25.9 Å². The summed E-state index contributed by atoms with van der Waals surface area (Å²) in [5, 5.41) is 0. The van der Waals surface area contributed by atoms with E-state index in [-0.39, 0.29) is 0 Å². The molecule has 1 rings (SSSR count). The molecule has 0 aromatic carbocycles. The smallest absolute Gasteiger partial charge is 0.155 e. The molecule has 4 heteroatoms. The first kappa shape index (κ1) is 9.64. The Morgan fingerprint density at radius 3 is 2.69 bits per heavy atom. The van der Waals surface area contributed by atoms with Gasteiger partial charge in [-0.15, -0.1) is 0 Å². The van der Waals surface area contributed by atoms with Crippen LogP contribution in [0.1, 0.15) is 23.1 Å². The quantitative estimate of drug-likeness (QED) is 0.647. The van der Waals surface area contributed by atoms with Crippen molar-refractivity contribution in [3.05, 3.63) is 17.6 Å². The summed E-state index contributed by atoms with van der Waals surface area (Å²) in [4.78, 5) is 20.7. The Kier molecular flexibility index (Phi) is 2.95. The Labute approximate surface area is 77.6 Å². The monoisotopic (exact) mass is 179 g/mol. The van der Waals surface area contributed by atoms with Gasteiger partial charge in [0, 0.05) is 26.7 Å². The maximum atomic E-state index is 10.6. The second-order valence-corrected chi connectivity index (χ2v) is 2.93. The van der Waals surface area contributed by atoms with Crippen LogP contribution in [0.2, 0.25) is 0 Å². The summed E-state index contributed by atoms with van der Waals surface area (Å²) in [6.45, 7) is 1.98. The molecule has 0 aliphatic rings. The molecular weight excluding hydrogens is 166 g/mol. The minimum atomic E-state index is 0.530. The molecule has 0 radical (unpaired) electrons. The third-order valence-electron chi connectivity index (χ3n) is 1.71. The topological polar surface area (TPSA) is 46.1 Å². The van der Waals surface area contributed by atoms with Crippen LogP contribution in [0.4, 0.5) is 5.82 Å². The van der Waals surface area contributed by atoms with E-state index in [1.54, 1.807) is 6.20 Å². The zero-order valence-electron chi connectivity index (χ0n) is 8.11. The highest BCUT2D eigenvalue weighted by Gasteiger charge is 2.06. The number of hydrogen-bond acceptors (Lipinski definition) is 4. The van der Waals surface area contributed by atoms with Gasteiger partial charge in [0.25, 0.3) is 0 Å². The molecule has 0 amide bonds. The fraction of sp³-hybridized carbons (Fsp3) is 0.444. The van der Waals surface area contributed by atoms with Crippen LogP contribution in [0, 0.1) is 0 Å². The van der Waals surface area contributed by atoms with Gasteiger partial charge in [0.15, 0.2) is 6.29 Å². The summed E-state index contributed by atoms with van der Waals surface area (Å²) in [5.41, 5.74) is 0.530. The highest BCUT2D eigenvalue weighted by atomic mass is 16.1. The van der Waals surface area contributed by atoms with Crippen molar-refractivity contribution in [3.8, 4) is 0 Å². The van der Waals surface area contributed by atoms with E-state index in [9.17, 15) is 4.79 Å². The van der Waals surface area contributed by atoms with Crippen molar-refractivity contribution in [2.75, 3.05) is 19.0 Å². The minimum Gasteiger partial charge on any atom is -0.362 e. The van der Waals surface area contributed by atoms with E-state index in [4.69, 9.17) is 0 Å². The van der Waals surface area contributed by atoms with Gasteiger partial charge in [-0.1, -0.05) is 6.92 Å². The minimum absolute atomic E-state index is 0.530. The van der Waals surface area contributed by atoms with Crippen molar-refractivity contribution in [3.63, 3.8) is 0 Å². The SMILES string of the molecule is CCc1ncc(C=O)c(N(C)C)n1. The van der Waals surface area contributed by atoms with Gasteiger partial charge in [0.1, 0.15) is 11.6 Å². The van der Waals surface area contributed by atoms with Crippen molar-refractivity contribution in [1.29, 1.82) is 0 Å². The molecule has 13 heavy (non-hydrogen) atoms. The number of aldehydes is 1. The molecule has 0 saturated heterocycles. The second-order valence-electron chi connectivity index (χ2n) is 2.93. The van der Waals surface area contributed by atoms with E-state index >= 15 is 0 Å². The van der Waals surface area contributed by atoms with Crippen molar-refractivity contribution in [1.82, 2.24) is 9.97 Å². The number of carbonyl (C=O) groups excluding carboxylic acids is 1. The molecule has 0 aliphatic heterocycles. The van der Waals surface area contributed by atoms with E-state index in [0.29, 0.717) is 11.4 Å². The van der Waals surface area contributed by atoms with Gasteiger partial charge in [-0.05, 0) is 0 Å². The van der Waals surface area contributed by atoms with E-state index in [1.165, 1.54) is 0 Å². The van der Waals surface area contributed by atoms with Crippen molar-refractivity contribution < 1.29 is 4.79 Å². The molecule has 4 nitrogen and oxygen atoms in total. The van der Waals surface area contributed by atoms with Crippen LogP contribution in [0.3, 0.4) is 0 Å². The van der Waals surface area contributed by atoms with Gasteiger partial charge in [0.2, 0.25) is 0 Å². The van der Waals surface area contributed by atoms with Gasteiger partial charge in [-0.3, -0.25) is 4.79 Å². The maximum absolute atomic E-state index is 10.6. The van der Waals surface area contributed by atoms with Crippen LogP contribution < -0.4 is 4.90 Å². The summed E-state index contributed by atoms with van der Waals surface area (Å²) in [6, 6.07) is 0. The van der Waals surface area contributed by atoms with E-state index in [2.05, 4.69) is 9.97 Å². The van der Waals surface area contributed by atoms with Crippen LogP contribution in [0.25, 0.3) is 0 Å². The third-order valence-corrected chi connectivity index (χ3v) is 1.71. The lowest BCUT2D eigenvalue weighted by atomic mass is 10.3. The number of aromatic nitrogens is 2. The first-order chi connectivity index (χ1) is 6.19. The fourth-order valence-electron chi connectivity index (χ4n) is 1.03. The van der Waals surface area contributed by atoms with Gasteiger partial charge in [-0.25, -0.2) is 9.97 Å². The Balaban J connectivity index is 3.17. The Bertz CT molecular complexity index is 310. The average Bonchev–Trinajstić information content (AvgIpc) is 2.16. The standard InChI is InChI=1S/C9H13N3O/c1-4-8-10-5-7(6-13)9(11-8)12(2)3/h5-6H,4H2,1-3H3. The second kappa shape index (κ2) is 3.98. The first-order valence-electron chi connectivity index (χ1n) is 4.17. The number of carbonyl (C=O) groups is 1. The van der Waals surface area contributed by atoms with Crippen LogP contribution in [0.5, 0.6) is 0 Å². The number of rotatable bonds is 3. The van der Waals surface area contributed by atoms with Crippen molar-refractivity contribution in [2.24, 2.45) is 0 Å². The van der Waals surface area contributed by atoms with Gasteiger partial charge < -0.3 is 4.90 Å². The van der Waals surface area contributed by atoms with Crippen LogP contribution >= 0.6 is 0 Å². The lowest BCUT2D eigenvalue weighted by molar-refractivity contribution is 0.112. The number of aryl methyl sites for hydroxylation is 1. The molecule has 0 unspecified atom stereocenters. The third kappa shape index (κ3) is 2.02. The predicted octanol–water partition coefficient (Wildman–Crippen LogP) is 0.917. The lowest BCUT2D eigenvalue weighted by Gasteiger charge is -2.13. The number of nitrogens with zero attached hydrogens (tertiary/aromatic N) is 3. The Morgan fingerprint density at radius 1 is 1.54 bits per heavy atom. The summed E-state index contributed by atoms with van der Waals surface area (Å²) < 4.78 is 0. The molecule has 0 atom stereocenters. The molecule has 1 aromatic rings. The molecule has 0 fully saturated rings. The van der Waals surface area contributed by atoms with Gasteiger partial charge in [0.05, 0.1) is 5.56 Å². The zero-order chi connectivity index (χ0) is 9.84. The summed E-state index contributed by atoms with van der Waals surface area (Å²) in [7, 11) is 3.71. The molecule has 0 N–H and O–H groups in total. The predicted molar refractivity (Wildman–Crippen MR) is 51.1 cm³/mol. The summed E-state index contributed by atoms with van der Waals surface area (Å²) >= 11 is 0. The zero-order valence-corrected chi connectivity index (χ0v) is 8.11. The highest BCUT2D eigenvalue weighted by molar-refractivity contribution is 5.82. The molecule has 1 aromatic heterocycles. The molecule has 0 saturated carbocycles. The van der Waals surface area contributed by atoms with Crippen LogP contribution in [0.15, 0.2) is 6.20 Å². The van der Waals surface area contributed by atoms with Gasteiger partial charge >= 0.3 is 0 Å². The highest BCUT2D eigenvalue weighted by Crippen LogP contribution is 2.12. The Hall–Kier alpha value is -1.45. The largest absolute Gasteiger partial charge is 0.362 e. The lowest BCUT2D eigenvalue weighted by Crippen LogP contribution is -2.14. The summed E-state index contributed by atoms with van der Waals surface area (Å²) in [6.07, 6.45) is 3.11. The molecule has 0 bridgehead atoms. The molecule has 0 aliphatic carbocycles. The van der Waals surface area contributed by atoms with Crippen molar-refractivity contribution in [2.45, 2.75) is 13.3 Å². The number of hydrogen-bond donors (Lipinski definition) is 0. The molecule has 1 heterocycles. The van der Waals surface area contributed by atoms with E-state index in [0.717, 1.165) is 18.5 Å².